The highest BCUT2D eigenvalue weighted by atomic mass is 32.2. The number of carbonyl (C=O) groups excluding carboxylic acids is 1. The molecule has 0 aromatic heterocycles. The minimum Gasteiger partial charge on any atom is -0.469 e. The molecule has 1 atom stereocenters. The highest BCUT2D eigenvalue weighted by molar-refractivity contribution is 7.89. The van der Waals surface area contributed by atoms with Gasteiger partial charge in [-0.3, -0.25) is 4.79 Å². The van der Waals surface area contributed by atoms with E-state index >= 15 is 0 Å². The van der Waals surface area contributed by atoms with Crippen molar-refractivity contribution in [3.63, 3.8) is 0 Å². The van der Waals surface area contributed by atoms with Crippen molar-refractivity contribution in [3.8, 4) is 0 Å². The molecule has 1 saturated heterocycles. The summed E-state index contributed by atoms with van der Waals surface area (Å²) in [6.07, 6.45) is -3.69. The molecule has 0 spiro atoms. The number of alkyl halides is 3. The molecule has 23 heavy (non-hydrogen) atoms. The fourth-order valence-corrected chi connectivity index (χ4v) is 4.07. The Balaban J connectivity index is 2.29. The zero-order chi connectivity index (χ0) is 17.3. The number of rotatable bonds is 3. The number of benzene rings is 1. The van der Waals surface area contributed by atoms with Gasteiger partial charge in [0.2, 0.25) is 10.0 Å². The van der Waals surface area contributed by atoms with E-state index in [9.17, 15) is 26.4 Å². The summed E-state index contributed by atoms with van der Waals surface area (Å²) in [5.74, 6) is -1.12. The second kappa shape index (κ2) is 6.48. The van der Waals surface area contributed by atoms with E-state index in [1.807, 2.05) is 0 Å². The topological polar surface area (TPSA) is 63.7 Å². The van der Waals surface area contributed by atoms with Crippen molar-refractivity contribution in [3.05, 3.63) is 29.8 Å². The van der Waals surface area contributed by atoms with Gasteiger partial charge in [0.25, 0.3) is 0 Å². The van der Waals surface area contributed by atoms with E-state index in [2.05, 4.69) is 4.74 Å². The summed E-state index contributed by atoms with van der Waals surface area (Å²) in [6.45, 7) is 0.0668. The highest BCUT2D eigenvalue weighted by Gasteiger charge is 2.36. The molecule has 0 radical (unpaired) electrons. The van der Waals surface area contributed by atoms with Crippen LogP contribution in [0.4, 0.5) is 13.2 Å². The second-order valence-corrected chi connectivity index (χ2v) is 7.19. The van der Waals surface area contributed by atoms with Crippen molar-refractivity contribution in [2.75, 3.05) is 20.2 Å². The molecule has 0 unspecified atom stereocenters. The Morgan fingerprint density at radius 3 is 2.65 bits per heavy atom. The van der Waals surface area contributed by atoms with Crippen LogP contribution in [0, 0.1) is 5.92 Å². The summed E-state index contributed by atoms with van der Waals surface area (Å²) in [7, 11) is -2.88. The van der Waals surface area contributed by atoms with E-state index in [1.54, 1.807) is 0 Å². The molecule has 1 fully saturated rings. The zero-order valence-electron chi connectivity index (χ0n) is 12.3. The number of piperidine rings is 1. The van der Waals surface area contributed by atoms with Crippen molar-refractivity contribution >= 4 is 16.0 Å². The molecule has 1 aliphatic heterocycles. The number of ether oxygens (including phenoxy) is 1. The third kappa shape index (κ3) is 3.84. The first-order valence-corrected chi connectivity index (χ1v) is 8.35. The summed E-state index contributed by atoms with van der Waals surface area (Å²) in [5, 5.41) is 0. The Labute approximate surface area is 132 Å². The Hall–Kier alpha value is -1.61. The largest absolute Gasteiger partial charge is 0.469 e. The summed E-state index contributed by atoms with van der Waals surface area (Å²) < 4.78 is 68.9. The number of nitrogens with zero attached hydrogens (tertiary/aromatic N) is 1. The molecule has 0 N–H and O–H groups in total. The summed E-state index contributed by atoms with van der Waals surface area (Å²) >= 11 is 0. The fourth-order valence-electron chi connectivity index (χ4n) is 2.50. The average Bonchev–Trinajstić information content (AvgIpc) is 2.53. The Kier molecular flexibility index (Phi) is 5.00. The first kappa shape index (κ1) is 17.7. The number of hydrogen-bond acceptors (Lipinski definition) is 4. The van der Waals surface area contributed by atoms with Gasteiger partial charge in [-0.15, -0.1) is 0 Å². The molecular formula is C14H16F3NO4S. The Morgan fingerprint density at radius 1 is 1.35 bits per heavy atom. The first-order valence-electron chi connectivity index (χ1n) is 6.91. The van der Waals surface area contributed by atoms with Gasteiger partial charge in [-0.25, -0.2) is 8.42 Å². The van der Waals surface area contributed by atoms with Crippen molar-refractivity contribution in [2.24, 2.45) is 5.92 Å². The van der Waals surface area contributed by atoms with Gasteiger partial charge in [0.15, 0.2) is 0 Å². The zero-order valence-corrected chi connectivity index (χ0v) is 13.2. The minimum absolute atomic E-state index is 0.0920. The first-order chi connectivity index (χ1) is 10.7. The molecule has 0 amide bonds. The fraction of sp³-hybridized carbons (Fsp3) is 0.500. The van der Waals surface area contributed by atoms with Gasteiger partial charge in [0.1, 0.15) is 0 Å². The molecule has 1 aromatic carbocycles. The van der Waals surface area contributed by atoms with Crippen LogP contribution in [0.15, 0.2) is 29.2 Å². The maximum atomic E-state index is 12.7. The molecule has 1 heterocycles. The van der Waals surface area contributed by atoms with E-state index in [0.29, 0.717) is 18.9 Å². The third-order valence-corrected chi connectivity index (χ3v) is 5.58. The quantitative estimate of drug-likeness (QED) is 0.784. The lowest BCUT2D eigenvalue weighted by atomic mass is 10.0. The van der Waals surface area contributed by atoms with Gasteiger partial charge in [-0.05, 0) is 31.0 Å². The maximum absolute atomic E-state index is 12.7. The molecule has 2 rings (SSSR count). The lowest BCUT2D eigenvalue weighted by Crippen LogP contribution is -2.42. The lowest BCUT2D eigenvalue weighted by Gasteiger charge is -2.30. The lowest BCUT2D eigenvalue weighted by molar-refractivity contribution is -0.146. The second-order valence-electron chi connectivity index (χ2n) is 5.25. The van der Waals surface area contributed by atoms with Crippen molar-refractivity contribution in [1.29, 1.82) is 0 Å². The molecule has 0 saturated carbocycles. The highest BCUT2D eigenvalue weighted by Crippen LogP contribution is 2.32. The van der Waals surface area contributed by atoms with Crippen LogP contribution in [-0.2, 0) is 25.7 Å². The maximum Gasteiger partial charge on any atom is 0.416 e. The molecule has 0 bridgehead atoms. The van der Waals surface area contributed by atoms with Crippen LogP contribution in [0.2, 0.25) is 0 Å². The van der Waals surface area contributed by atoms with Crippen LogP contribution in [0.25, 0.3) is 0 Å². The number of hydrogen-bond donors (Lipinski definition) is 0. The van der Waals surface area contributed by atoms with Gasteiger partial charge in [0, 0.05) is 13.1 Å². The van der Waals surface area contributed by atoms with Crippen LogP contribution < -0.4 is 0 Å². The van der Waals surface area contributed by atoms with E-state index in [0.717, 1.165) is 22.5 Å². The van der Waals surface area contributed by atoms with Crippen LogP contribution in [0.3, 0.4) is 0 Å². The Morgan fingerprint density at radius 2 is 2.04 bits per heavy atom. The number of halogens is 3. The molecule has 9 heteroatoms. The monoisotopic (exact) mass is 351 g/mol. The number of esters is 1. The van der Waals surface area contributed by atoms with Crippen molar-refractivity contribution < 1.29 is 31.1 Å². The minimum atomic E-state index is -4.62. The van der Waals surface area contributed by atoms with Gasteiger partial charge in [-0.2, -0.15) is 17.5 Å². The van der Waals surface area contributed by atoms with Crippen molar-refractivity contribution in [2.45, 2.75) is 23.9 Å². The summed E-state index contributed by atoms with van der Waals surface area (Å²) in [4.78, 5) is 11.1. The van der Waals surface area contributed by atoms with E-state index in [1.165, 1.54) is 7.11 Å². The van der Waals surface area contributed by atoms with Gasteiger partial charge in [0.05, 0.1) is 23.5 Å². The van der Waals surface area contributed by atoms with Crippen LogP contribution in [0.5, 0.6) is 0 Å². The van der Waals surface area contributed by atoms with Crippen molar-refractivity contribution in [1.82, 2.24) is 4.31 Å². The van der Waals surface area contributed by atoms with Crippen LogP contribution >= 0.6 is 0 Å². The molecule has 1 aromatic rings. The third-order valence-electron chi connectivity index (χ3n) is 3.72. The van der Waals surface area contributed by atoms with Gasteiger partial charge >= 0.3 is 12.1 Å². The SMILES string of the molecule is COC(=O)[C@@H]1CCCN(S(=O)(=O)c2cccc(C(F)(F)F)c2)C1. The predicted octanol–water partition coefficient (Wildman–Crippen LogP) is 2.28. The normalized spacial score (nSPS) is 20.3. The smallest absolute Gasteiger partial charge is 0.416 e. The van der Waals surface area contributed by atoms with E-state index in [4.69, 9.17) is 0 Å². The predicted molar refractivity (Wildman–Crippen MR) is 74.9 cm³/mol. The summed E-state index contributed by atoms with van der Waals surface area (Å²) in [5.41, 5.74) is -1.03. The molecule has 128 valence electrons. The molecule has 0 aliphatic carbocycles. The standard InChI is InChI=1S/C14H16F3NO4S/c1-22-13(19)10-4-3-7-18(9-10)23(20,21)12-6-2-5-11(8-12)14(15,16)17/h2,5-6,8,10H,3-4,7,9H2,1H3/t10-/m1/s1. The van der Waals surface area contributed by atoms with E-state index in [-0.39, 0.29) is 13.1 Å². The summed E-state index contributed by atoms with van der Waals surface area (Å²) in [6, 6.07) is 3.59. The number of sulfonamides is 1. The number of carbonyl (C=O) groups is 1. The van der Waals surface area contributed by atoms with Gasteiger partial charge in [-0.1, -0.05) is 6.07 Å². The molecular weight excluding hydrogens is 335 g/mol. The molecule has 1 aliphatic rings. The van der Waals surface area contributed by atoms with Crippen LogP contribution in [-0.4, -0.2) is 38.9 Å². The number of methoxy groups -OCH3 is 1. The Bertz CT molecular complexity index is 688. The van der Waals surface area contributed by atoms with E-state index < -0.39 is 38.5 Å². The van der Waals surface area contributed by atoms with Gasteiger partial charge < -0.3 is 4.74 Å². The van der Waals surface area contributed by atoms with Crippen LogP contribution in [0.1, 0.15) is 18.4 Å². The average molecular weight is 351 g/mol. The molecule has 5 nitrogen and oxygen atoms in total.